The SMILES string of the molecule is O=C(Nc1ccc([N+](=O)[O-])cn1)C(Sc1ccccc1)c1ccccc1. The highest BCUT2D eigenvalue weighted by atomic mass is 32.2. The number of pyridine rings is 1. The summed E-state index contributed by atoms with van der Waals surface area (Å²) in [5.41, 5.74) is 0.738. The lowest BCUT2D eigenvalue weighted by Crippen LogP contribution is -2.19. The summed E-state index contributed by atoms with van der Waals surface area (Å²) in [5.74, 6) is 0.0293. The largest absolute Gasteiger partial charge is 0.309 e. The van der Waals surface area contributed by atoms with Crippen LogP contribution in [0.4, 0.5) is 11.5 Å². The summed E-state index contributed by atoms with van der Waals surface area (Å²) in [6.07, 6.45) is 1.12. The average molecular weight is 365 g/mol. The number of amides is 1. The Morgan fingerprint density at radius 3 is 2.23 bits per heavy atom. The first-order chi connectivity index (χ1) is 12.6. The summed E-state index contributed by atoms with van der Waals surface area (Å²) in [4.78, 5) is 27.9. The molecule has 0 bridgehead atoms. The number of thioether (sulfide) groups is 1. The monoisotopic (exact) mass is 365 g/mol. The molecule has 1 N–H and O–H groups in total. The van der Waals surface area contributed by atoms with E-state index in [4.69, 9.17) is 0 Å². The first kappa shape index (κ1) is 17.6. The minimum Gasteiger partial charge on any atom is -0.309 e. The van der Waals surface area contributed by atoms with Gasteiger partial charge in [-0.25, -0.2) is 4.98 Å². The van der Waals surface area contributed by atoms with Gasteiger partial charge in [0, 0.05) is 11.0 Å². The zero-order valence-electron chi connectivity index (χ0n) is 13.6. The van der Waals surface area contributed by atoms with Crippen LogP contribution in [0, 0.1) is 10.1 Å². The van der Waals surface area contributed by atoms with Crippen LogP contribution in [0.25, 0.3) is 0 Å². The molecule has 26 heavy (non-hydrogen) atoms. The number of anilines is 1. The van der Waals surface area contributed by atoms with E-state index in [1.165, 1.54) is 23.9 Å². The number of nitro groups is 1. The molecule has 0 saturated carbocycles. The fraction of sp³-hybridized carbons (Fsp3) is 0.0526. The third kappa shape index (κ3) is 4.46. The molecule has 6 nitrogen and oxygen atoms in total. The number of hydrogen-bond acceptors (Lipinski definition) is 5. The van der Waals surface area contributed by atoms with Gasteiger partial charge in [0.1, 0.15) is 17.3 Å². The van der Waals surface area contributed by atoms with E-state index in [9.17, 15) is 14.9 Å². The molecule has 3 rings (SSSR count). The molecule has 7 heteroatoms. The third-order valence-electron chi connectivity index (χ3n) is 3.55. The minimum absolute atomic E-state index is 0.124. The molecule has 0 aliphatic rings. The fourth-order valence-electron chi connectivity index (χ4n) is 2.30. The Morgan fingerprint density at radius 2 is 1.65 bits per heavy atom. The summed E-state index contributed by atoms with van der Waals surface area (Å²) >= 11 is 1.43. The van der Waals surface area contributed by atoms with Crippen molar-refractivity contribution in [3.05, 3.63) is 94.7 Å². The quantitative estimate of drug-likeness (QED) is 0.396. The smallest absolute Gasteiger partial charge is 0.287 e. The predicted octanol–water partition coefficient (Wildman–Crippen LogP) is 4.46. The van der Waals surface area contributed by atoms with Crippen LogP contribution >= 0.6 is 11.8 Å². The van der Waals surface area contributed by atoms with E-state index in [0.29, 0.717) is 0 Å². The van der Waals surface area contributed by atoms with Gasteiger partial charge in [-0.3, -0.25) is 14.9 Å². The molecule has 1 aromatic heterocycles. The Labute approximate surface area is 154 Å². The molecular formula is C19H15N3O3S. The molecule has 3 aromatic rings. The molecule has 1 atom stereocenters. The minimum atomic E-state index is -0.531. The van der Waals surface area contributed by atoms with Gasteiger partial charge in [-0.1, -0.05) is 48.5 Å². The van der Waals surface area contributed by atoms with E-state index in [1.807, 2.05) is 60.7 Å². The first-order valence-corrected chi connectivity index (χ1v) is 8.69. The van der Waals surface area contributed by atoms with Crippen LogP contribution < -0.4 is 5.32 Å². The second-order valence-corrected chi connectivity index (χ2v) is 6.55. The summed E-state index contributed by atoms with van der Waals surface area (Å²) in [7, 11) is 0. The second kappa shape index (κ2) is 8.26. The summed E-state index contributed by atoms with van der Waals surface area (Å²) < 4.78 is 0. The number of carbonyl (C=O) groups is 1. The van der Waals surface area contributed by atoms with Gasteiger partial charge < -0.3 is 5.32 Å². The van der Waals surface area contributed by atoms with Crippen molar-refractivity contribution in [3.63, 3.8) is 0 Å². The van der Waals surface area contributed by atoms with Gasteiger partial charge in [0.05, 0.1) is 4.92 Å². The van der Waals surface area contributed by atoms with Crippen molar-refractivity contribution < 1.29 is 9.72 Å². The normalized spacial score (nSPS) is 11.5. The average Bonchev–Trinajstić information content (AvgIpc) is 2.68. The van der Waals surface area contributed by atoms with Crippen LogP contribution in [0.1, 0.15) is 10.8 Å². The molecule has 0 saturated heterocycles. The number of carbonyl (C=O) groups excluding carboxylic acids is 1. The van der Waals surface area contributed by atoms with Crippen molar-refractivity contribution in [2.75, 3.05) is 5.32 Å². The molecule has 0 spiro atoms. The van der Waals surface area contributed by atoms with E-state index in [0.717, 1.165) is 16.7 Å². The van der Waals surface area contributed by atoms with Gasteiger partial charge in [0.15, 0.2) is 0 Å². The molecule has 1 amide bonds. The molecule has 0 aliphatic carbocycles. The zero-order valence-corrected chi connectivity index (χ0v) is 14.4. The number of benzene rings is 2. The van der Waals surface area contributed by atoms with Crippen molar-refractivity contribution in [1.29, 1.82) is 0 Å². The molecule has 1 heterocycles. The van der Waals surface area contributed by atoms with Gasteiger partial charge >= 0.3 is 0 Å². The summed E-state index contributed by atoms with van der Waals surface area (Å²) in [6, 6.07) is 21.8. The van der Waals surface area contributed by atoms with Crippen molar-refractivity contribution in [2.24, 2.45) is 0 Å². The number of nitrogens with zero attached hydrogens (tertiary/aromatic N) is 2. The Balaban J connectivity index is 1.81. The van der Waals surface area contributed by atoms with E-state index < -0.39 is 10.2 Å². The van der Waals surface area contributed by atoms with Gasteiger partial charge in [0.25, 0.3) is 5.69 Å². The van der Waals surface area contributed by atoms with Crippen LogP contribution in [-0.2, 0) is 4.79 Å². The number of rotatable bonds is 6. The zero-order chi connectivity index (χ0) is 18.4. The topological polar surface area (TPSA) is 85.1 Å². The van der Waals surface area contributed by atoms with Gasteiger partial charge in [0.2, 0.25) is 5.91 Å². The van der Waals surface area contributed by atoms with Crippen molar-refractivity contribution in [2.45, 2.75) is 10.1 Å². The maximum atomic E-state index is 12.8. The van der Waals surface area contributed by atoms with E-state index in [2.05, 4.69) is 10.3 Å². The maximum Gasteiger partial charge on any atom is 0.287 e. The van der Waals surface area contributed by atoms with Crippen LogP contribution in [0.5, 0.6) is 0 Å². The molecule has 2 aromatic carbocycles. The highest BCUT2D eigenvalue weighted by Crippen LogP contribution is 2.36. The Kier molecular flexibility index (Phi) is 5.60. The summed E-state index contributed by atoms with van der Waals surface area (Å²) in [6.45, 7) is 0. The lowest BCUT2D eigenvalue weighted by molar-refractivity contribution is -0.385. The van der Waals surface area contributed by atoms with Crippen LogP contribution in [0.15, 0.2) is 83.9 Å². The molecule has 130 valence electrons. The number of hydrogen-bond donors (Lipinski definition) is 1. The van der Waals surface area contributed by atoms with E-state index in [1.54, 1.807) is 0 Å². The number of aromatic nitrogens is 1. The molecule has 0 radical (unpaired) electrons. The first-order valence-electron chi connectivity index (χ1n) is 7.81. The van der Waals surface area contributed by atoms with Crippen LogP contribution in [-0.4, -0.2) is 15.8 Å². The predicted molar refractivity (Wildman–Crippen MR) is 101 cm³/mol. The highest BCUT2D eigenvalue weighted by molar-refractivity contribution is 8.00. The van der Waals surface area contributed by atoms with Crippen molar-refractivity contribution in [1.82, 2.24) is 4.98 Å². The number of nitrogens with one attached hydrogen (secondary N) is 1. The standard InChI is InChI=1S/C19H15N3O3S/c23-19(21-17-12-11-15(13-20-17)22(24)25)18(14-7-3-1-4-8-14)26-16-9-5-2-6-10-16/h1-13,18H,(H,20,21,23). The highest BCUT2D eigenvalue weighted by Gasteiger charge is 2.22. The third-order valence-corrected chi connectivity index (χ3v) is 4.81. The summed E-state index contributed by atoms with van der Waals surface area (Å²) in [5, 5.41) is 13.0. The van der Waals surface area contributed by atoms with Crippen molar-refractivity contribution in [3.8, 4) is 0 Å². The Hall–Kier alpha value is -3.19. The lowest BCUT2D eigenvalue weighted by atomic mass is 10.1. The second-order valence-electron chi connectivity index (χ2n) is 5.37. The van der Waals surface area contributed by atoms with Crippen LogP contribution in [0.3, 0.4) is 0 Å². The molecule has 0 fully saturated rings. The fourth-order valence-corrected chi connectivity index (χ4v) is 3.34. The Morgan fingerprint density at radius 1 is 1.00 bits per heavy atom. The van der Waals surface area contributed by atoms with Crippen LogP contribution in [0.2, 0.25) is 0 Å². The van der Waals surface area contributed by atoms with Gasteiger partial charge in [-0.2, -0.15) is 0 Å². The van der Waals surface area contributed by atoms with Gasteiger partial charge in [-0.15, -0.1) is 11.8 Å². The molecule has 1 unspecified atom stereocenters. The van der Waals surface area contributed by atoms with E-state index >= 15 is 0 Å². The van der Waals surface area contributed by atoms with Crippen molar-refractivity contribution >= 4 is 29.2 Å². The Bertz CT molecular complexity index is 887. The maximum absolute atomic E-state index is 12.8. The lowest BCUT2D eigenvalue weighted by Gasteiger charge is -2.16. The molecular weight excluding hydrogens is 350 g/mol. The van der Waals surface area contributed by atoms with Gasteiger partial charge in [-0.05, 0) is 23.8 Å². The molecule has 0 aliphatic heterocycles. The van der Waals surface area contributed by atoms with E-state index in [-0.39, 0.29) is 17.4 Å².